The van der Waals surface area contributed by atoms with Gasteiger partial charge in [-0.2, -0.15) is 13.2 Å². The predicted molar refractivity (Wildman–Crippen MR) is 131 cm³/mol. The lowest BCUT2D eigenvalue weighted by atomic mass is 9.93. The van der Waals surface area contributed by atoms with Crippen LogP contribution in [0.2, 0.25) is 0 Å². The molecule has 0 spiro atoms. The zero-order valence-electron chi connectivity index (χ0n) is 19.4. The van der Waals surface area contributed by atoms with Gasteiger partial charge in [-0.05, 0) is 40.5 Å². The van der Waals surface area contributed by atoms with Crippen LogP contribution in [0.1, 0.15) is 40.0 Å². The second-order valence-electron chi connectivity index (χ2n) is 8.95. The first-order valence-electron chi connectivity index (χ1n) is 11.8. The summed E-state index contributed by atoms with van der Waals surface area (Å²) in [5.41, 5.74) is 2.04. The second-order valence-corrected chi connectivity index (χ2v) is 8.95. The Morgan fingerprint density at radius 1 is 0.667 bits per heavy atom. The monoisotopic (exact) mass is 491 g/mol. The van der Waals surface area contributed by atoms with Crippen molar-refractivity contribution < 1.29 is 22.3 Å². The van der Waals surface area contributed by atoms with Crippen LogP contribution in [0, 0.1) is 5.82 Å². The number of rotatable bonds is 7. The Balaban J connectivity index is 1.41. The minimum absolute atomic E-state index is 0.0129. The third-order valence-electron chi connectivity index (χ3n) is 6.52. The number of hydrogen-bond donors (Lipinski definition) is 0. The van der Waals surface area contributed by atoms with Crippen molar-refractivity contribution in [1.82, 2.24) is 4.90 Å². The molecule has 0 bridgehead atoms. The third-order valence-corrected chi connectivity index (χ3v) is 6.52. The molecule has 1 saturated heterocycles. The Kier molecular flexibility index (Phi) is 6.90. The maximum absolute atomic E-state index is 13.8. The van der Waals surface area contributed by atoms with Crippen LogP contribution in [0.5, 0.6) is 0 Å². The molecular weight excluding hydrogens is 466 g/mol. The first-order chi connectivity index (χ1) is 17.4. The first-order valence-corrected chi connectivity index (χ1v) is 11.8. The summed E-state index contributed by atoms with van der Waals surface area (Å²) in [6.07, 6.45) is -5.78. The van der Waals surface area contributed by atoms with Crippen LogP contribution in [0.4, 0.5) is 17.6 Å². The van der Waals surface area contributed by atoms with E-state index in [0.29, 0.717) is 18.7 Å². The number of likely N-dealkylation sites (tertiary alicyclic amines) is 1. The molecule has 1 aliphatic rings. The van der Waals surface area contributed by atoms with Gasteiger partial charge in [0.15, 0.2) is 0 Å². The van der Waals surface area contributed by atoms with Crippen molar-refractivity contribution >= 4 is 0 Å². The maximum atomic E-state index is 13.8. The molecule has 1 fully saturated rings. The number of benzene rings is 4. The first kappa shape index (κ1) is 24.2. The number of hydrogen-bond acceptors (Lipinski definition) is 2. The van der Waals surface area contributed by atoms with Crippen molar-refractivity contribution in [2.75, 3.05) is 13.1 Å². The van der Waals surface area contributed by atoms with Gasteiger partial charge < -0.3 is 4.74 Å². The second kappa shape index (κ2) is 10.2. The number of ether oxygens (including phenoxy) is 1. The molecule has 184 valence electrons. The largest absolute Gasteiger partial charge is 0.416 e. The van der Waals surface area contributed by atoms with Crippen LogP contribution in [-0.2, 0) is 10.9 Å². The molecule has 0 radical (unpaired) electrons. The van der Waals surface area contributed by atoms with Crippen LogP contribution >= 0.6 is 0 Å². The third kappa shape index (κ3) is 5.20. The van der Waals surface area contributed by atoms with Gasteiger partial charge in [-0.1, -0.05) is 91.0 Å². The van der Waals surface area contributed by atoms with E-state index in [0.717, 1.165) is 17.2 Å². The highest BCUT2D eigenvalue weighted by Gasteiger charge is 2.39. The van der Waals surface area contributed by atoms with Crippen molar-refractivity contribution in [2.45, 2.75) is 24.4 Å². The fraction of sp³-hybridized carbons (Fsp3) is 0.200. The van der Waals surface area contributed by atoms with Gasteiger partial charge in [0, 0.05) is 13.1 Å². The van der Waals surface area contributed by atoms with Crippen molar-refractivity contribution in [3.63, 3.8) is 0 Å². The van der Waals surface area contributed by atoms with E-state index < -0.39 is 23.7 Å². The van der Waals surface area contributed by atoms with Crippen molar-refractivity contribution in [2.24, 2.45) is 0 Å². The fourth-order valence-corrected chi connectivity index (χ4v) is 4.80. The molecule has 4 aromatic rings. The Morgan fingerprint density at radius 2 is 1.19 bits per heavy atom. The smallest absolute Gasteiger partial charge is 0.363 e. The molecule has 0 aromatic heterocycles. The molecule has 1 heterocycles. The number of halogens is 4. The van der Waals surface area contributed by atoms with E-state index >= 15 is 0 Å². The lowest BCUT2D eigenvalue weighted by Crippen LogP contribution is -2.54. The average molecular weight is 492 g/mol. The molecule has 4 aromatic carbocycles. The van der Waals surface area contributed by atoms with Gasteiger partial charge in [0.2, 0.25) is 0 Å². The highest BCUT2D eigenvalue weighted by atomic mass is 19.4. The summed E-state index contributed by atoms with van der Waals surface area (Å²) in [5.74, 6) is -0.454. The zero-order chi connectivity index (χ0) is 25.1. The van der Waals surface area contributed by atoms with Crippen LogP contribution in [0.3, 0.4) is 0 Å². The summed E-state index contributed by atoms with van der Waals surface area (Å²) < 4.78 is 61.4. The molecule has 1 atom stereocenters. The fourth-order valence-electron chi connectivity index (χ4n) is 4.80. The topological polar surface area (TPSA) is 12.5 Å². The summed E-state index contributed by atoms with van der Waals surface area (Å²) in [6, 6.07) is 31.1. The van der Waals surface area contributed by atoms with E-state index in [4.69, 9.17) is 4.74 Å². The molecule has 1 unspecified atom stereocenters. The normalized spacial score (nSPS) is 15.6. The quantitative estimate of drug-likeness (QED) is 0.249. The van der Waals surface area contributed by atoms with E-state index in [1.807, 2.05) is 36.4 Å². The molecule has 6 heteroatoms. The summed E-state index contributed by atoms with van der Waals surface area (Å²) in [5, 5.41) is 0. The summed E-state index contributed by atoms with van der Waals surface area (Å²) in [6.45, 7) is 1.11. The SMILES string of the molecule is Fc1ccc(C(OC2CN(C(c3ccccc3)c3ccccc3)C2)c2ccccc2C(F)(F)F)cc1. The lowest BCUT2D eigenvalue weighted by molar-refractivity contribution is -0.141. The number of nitrogens with zero attached hydrogens (tertiary/aromatic N) is 1. The van der Waals surface area contributed by atoms with Gasteiger partial charge >= 0.3 is 6.18 Å². The van der Waals surface area contributed by atoms with E-state index in [1.54, 1.807) is 6.07 Å². The minimum Gasteiger partial charge on any atom is -0.363 e. The predicted octanol–water partition coefficient (Wildman–Crippen LogP) is 7.42. The molecule has 5 rings (SSSR count). The maximum Gasteiger partial charge on any atom is 0.416 e. The lowest BCUT2D eigenvalue weighted by Gasteiger charge is -2.45. The Labute approximate surface area is 207 Å². The Bertz CT molecular complexity index is 1230. The van der Waals surface area contributed by atoms with Gasteiger partial charge in [0.05, 0.1) is 17.7 Å². The molecule has 1 aliphatic heterocycles. The Hall–Kier alpha value is -3.48. The van der Waals surface area contributed by atoms with Gasteiger partial charge in [0.1, 0.15) is 11.9 Å². The van der Waals surface area contributed by atoms with Gasteiger partial charge in [-0.25, -0.2) is 4.39 Å². The van der Waals surface area contributed by atoms with Crippen molar-refractivity contribution in [3.05, 3.63) is 143 Å². The average Bonchev–Trinajstić information content (AvgIpc) is 2.87. The van der Waals surface area contributed by atoms with E-state index in [-0.39, 0.29) is 17.7 Å². The molecule has 0 amide bonds. The molecule has 0 saturated carbocycles. The molecule has 2 nitrogen and oxygen atoms in total. The van der Waals surface area contributed by atoms with Gasteiger partial charge in [-0.3, -0.25) is 4.90 Å². The Morgan fingerprint density at radius 3 is 1.75 bits per heavy atom. The van der Waals surface area contributed by atoms with E-state index in [9.17, 15) is 17.6 Å². The van der Waals surface area contributed by atoms with E-state index in [2.05, 4.69) is 29.2 Å². The van der Waals surface area contributed by atoms with Crippen LogP contribution in [-0.4, -0.2) is 24.1 Å². The molecular formula is C30H25F4NO. The van der Waals surface area contributed by atoms with Crippen LogP contribution in [0.15, 0.2) is 109 Å². The van der Waals surface area contributed by atoms with E-state index in [1.165, 1.54) is 36.4 Å². The molecule has 0 aliphatic carbocycles. The summed E-state index contributed by atoms with van der Waals surface area (Å²) in [7, 11) is 0. The molecule has 36 heavy (non-hydrogen) atoms. The molecule has 0 N–H and O–H groups in total. The highest BCUT2D eigenvalue weighted by Crippen LogP contribution is 2.40. The van der Waals surface area contributed by atoms with Gasteiger partial charge in [-0.15, -0.1) is 0 Å². The van der Waals surface area contributed by atoms with Crippen LogP contribution < -0.4 is 0 Å². The van der Waals surface area contributed by atoms with Gasteiger partial charge in [0.25, 0.3) is 0 Å². The standard InChI is InChI=1S/C30H25F4NO/c31-24-17-15-23(16-18-24)29(26-13-7-8-14-27(26)30(32,33)34)36-25-19-35(20-25)28(21-9-3-1-4-10-21)22-11-5-2-6-12-22/h1-18,25,28-29H,19-20H2. The highest BCUT2D eigenvalue weighted by molar-refractivity contribution is 5.38. The van der Waals surface area contributed by atoms with Crippen molar-refractivity contribution in [1.29, 1.82) is 0 Å². The zero-order valence-corrected chi connectivity index (χ0v) is 19.4. The number of alkyl halides is 3. The summed E-state index contributed by atoms with van der Waals surface area (Å²) in [4.78, 5) is 2.26. The van der Waals surface area contributed by atoms with Crippen molar-refractivity contribution in [3.8, 4) is 0 Å². The summed E-state index contributed by atoms with van der Waals surface area (Å²) >= 11 is 0. The van der Waals surface area contributed by atoms with Crippen LogP contribution in [0.25, 0.3) is 0 Å². The minimum atomic E-state index is -4.53.